The molecule has 1 aromatic heterocycles. The molecule has 2 aromatic carbocycles. The van der Waals surface area contributed by atoms with E-state index in [0.29, 0.717) is 22.3 Å². The number of nitrogens with zero attached hydrogens (tertiary/aromatic N) is 1. The highest BCUT2D eigenvalue weighted by Crippen LogP contribution is 2.41. The number of benzene rings is 2. The predicted molar refractivity (Wildman–Crippen MR) is 98.4 cm³/mol. The molecule has 0 saturated heterocycles. The van der Waals surface area contributed by atoms with Gasteiger partial charge in [0.1, 0.15) is 0 Å². The summed E-state index contributed by atoms with van der Waals surface area (Å²) >= 11 is 5.96. The number of hydrogen-bond donors (Lipinski definition) is 2. The molecule has 0 radical (unpaired) electrons. The van der Waals surface area contributed by atoms with Crippen molar-refractivity contribution in [2.75, 3.05) is 26.6 Å². The molecular weight excluding hydrogens is 342 g/mol. The van der Waals surface area contributed by atoms with E-state index in [0.717, 1.165) is 22.6 Å². The Labute approximate surface area is 150 Å². The first-order chi connectivity index (χ1) is 12.2. The van der Waals surface area contributed by atoms with Crippen LogP contribution in [0.15, 0.2) is 42.6 Å². The molecule has 0 aliphatic heterocycles. The molecule has 25 heavy (non-hydrogen) atoms. The van der Waals surface area contributed by atoms with Crippen LogP contribution in [0, 0.1) is 0 Å². The molecule has 6 nitrogen and oxygen atoms in total. The van der Waals surface area contributed by atoms with Crippen molar-refractivity contribution in [3.8, 4) is 28.5 Å². The number of rotatable bonds is 6. The molecule has 0 unspecified atom stereocenters. The topological polar surface area (TPSA) is 68.4 Å². The van der Waals surface area contributed by atoms with Crippen LogP contribution in [0.2, 0.25) is 5.02 Å². The maximum absolute atomic E-state index is 5.96. The van der Waals surface area contributed by atoms with Gasteiger partial charge < -0.3 is 19.5 Å². The predicted octanol–water partition coefficient (Wildman–Crippen LogP) is 4.50. The van der Waals surface area contributed by atoms with Crippen molar-refractivity contribution >= 4 is 23.0 Å². The molecular formula is C18H18ClN3O3. The molecule has 1 heterocycles. The molecule has 0 aliphatic carbocycles. The number of nitrogens with one attached hydrogen (secondary N) is 2. The van der Waals surface area contributed by atoms with Gasteiger partial charge in [-0.1, -0.05) is 23.7 Å². The maximum atomic E-state index is 5.96. The number of H-pyrrole nitrogens is 1. The summed E-state index contributed by atoms with van der Waals surface area (Å²) in [5.41, 5.74) is 3.42. The summed E-state index contributed by atoms with van der Waals surface area (Å²) in [5.74, 6) is 1.68. The lowest BCUT2D eigenvalue weighted by atomic mass is 10.1. The number of anilines is 2. The highest BCUT2D eigenvalue weighted by molar-refractivity contribution is 6.30. The van der Waals surface area contributed by atoms with E-state index in [1.165, 1.54) is 0 Å². The fraction of sp³-hybridized carbons (Fsp3) is 0.167. The molecule has 0 aliphatic rings. The molecule has 0 atom stereocenters. The standard InChI is InChI=1S/C18H18ClN3O3/c1-23-15-8-13(9-16(24-2)18(15)25-3)21-14-10-20-22-17(14)11-4-6-12(19)7-5-11/h4-10,21H,1-3H3,(H,20,22). The number of hydrogen-bond acceptors (Lipinski definition) is 5. The smallest absolute Gasteiger partial charge is 0.203 e. The zero-order valence-electron chi connectivity index (χ0n) is 14.1. The van der Waals surface area contributed by atoms with Crippen molar-refractivity contribution in [2.45, 2.75) is 0 Å². The third kappa shape index (κ3) is 3.49. The van der Waals surface area contributed by atoms with Gasteiger partial charge in [-0.05, 0) is 12.1 Å². The van der Waals surface area contributed by atoms with E-state index in [1.807, 2.05) is 36.4 Å². The maximum Gasteiger partial charge on any atom is 0.203 e. The SMILES string of the molecule is COc1cc(Nc2cn[nH]c2-c2ccc(Cl)cc2)cc(OC)c1OC. The lowest BCUT2D eigenvalue weighted by Crippen LogP contribution is -1.98. The van der Waals surface area contributed by atoms with Gasteiger partial charge in [-0.25, -0.2) is 0 Å². The largest absolute Gasteiger partial charge is 0.493 e. The summed E-state index contributed by atoms with van der Waals surface area (Å²) in [4.78, 5) is 0. The van der Waals surface area contributed by atoms with Crippen molar-refractivity contribution in [2.24, 2.45) is 0 Å². The second-order valence-corrected chi connectivity index (χ2v) is 5.64. The van der Waals surface area contributed by atoms with Crippen molar-refractivity contribution in [3.05, 3.63) is 47.6 Å². The Bertz CT molecular complexity index is 837. The number of methoxy groups -OCH3 is 3. The second-order valence-electron chi connectivity index (χ2n) is 5.20. The summed E-state index contributed by atoms with van der Waals surface area (Å²) in [7, 11) is 4.73. The van der Waals surface area contributed by atoms with E-state index in [4.69, 9.17) is 25.8 Å². The van der Waals surface area contributed by atoms with E-state index in [-0.39, 0.29) is 0 Å². The van der Waals surface area contributed by atoms with E-state index in [9.17, 15) is 0 Å². The van der Waals surface area contributed by atoms with Crippen LogP contribution >= 0.6 is 11.6 Å². The molecule has 0 amide bonds. The normalized spacial score (nSPS) is 10.4. The monoisotopic (exact) mass is 359 g/mol. The van der Waals surface area contributed by atoms with Crippen LogP contribution in [0.4, 0.5) is 11.4 Å². The van der Waals surface area contributed by atoms with Gasteiger partial charge in [-0.3, -0.25) is 5.10 Å². The molecule has 2 N–H and O–H groups in total. The van der Waals surface area contributed by atoms with E-state index in [2.05, 4.69) is 15.5 Å². The Morgan fingerprint density at radius 3 is 2.16 bits per heavy atom. The zero-order valence-corrected chi connectivity index (χ0v) is 14.8. The fourth-order valence-corrected chi connectivity index (χ4v) is 2.65. The van der Waals surface area contributed by atoms with Crippen LogP contribution in [0.5, 0.6) is 17.2 Å². The minimum atomic E-state index is 0.542. The minimum Gasteiger partial charge on any atom is -0.493 e. The second kappa shape index (κ2) is 7.36. The average molecular weight is 360 g/mol. The Balaban J connectivity index is 1.96. The van der Waals surface area contributed by atoms with E-state index in [1.54, 1.807) is 27.5 Å². The van der Waals surface area contributed by atoms with Gasteiger partial charge in [0, 0.05) is 28.4 Å². The van der Waals surface area contributed by atoms with Gasteiger partial charge >= 0.3 is 0 Å². The van der Waals surface area contributed by atoms with Gasteiger partial charge in [0.2, 0.25) is 5.75 Å². The van der Waals surface area contributed by atoms with Gasteiger partial charge in [-0.15, -0.1) is 0 Å². The number of aromatic nitrogens is 2. The van der Waals surface area contributed by atoms with Crippen LogP contribution in [-0.2, 0) is 0 Å². The molecule has 0 bridgehead atoms. The van der Waals surface area contributed by atoms with E-state index >= 15 is 0 Å². The first kappa shape index (κ1) is 17.0. The fourth-order valence-electron chi connectivity index (χ4n) is 2.53. The highest BCUT2D eigenvalue weighted by Gasteiger charge is 2.15. The molecule has 130 valence electrons. The summed E-state index contributed by atoms with van der Waals surface area (Å²) in [6.07, 6.45) is 1.72. The molecule has 3 rings (SSSR count). The molecule has 0 fully saturated rings. The van der Waals surface area contributed by atoms with Gasteiger partial charge in [0.05, 0.1) is 38.9 Å². The summed E-state index contributed by atoms with van der Waals surface area (Å²) < 4.78 is 16.1. The van der Waals surface area contributed by atoms with Crippen molar-refractivity contribution in [3.63, 3.8) is 0 Å². The molecule has 0 spiro atoms. The third-order valence-corrected chi connectivity index (χ3v) is 3.97. The number of aromatic amines is 1. The van der Waals surface area contributed by atoms with Crippen LogP contribution < -0.4 is 19.5 Å². The Hall–Kier alpha value is -2.86. The molecule has 0 saturated carbocycles. The van der Waals surface area contributed by atoms with Crippen molar-refractivity contribution in [1.82, 2.24) is 10.2 Å². The lowest BCUT2D eigenvalue weighted by Gasteiger charge is -2.15. The first-order valence-electron chi connectivity index (χ1n) is 7.52. The van der Waals surface area contributed by atoms with Crippen LogP contribution in [0.1, 0.15) is 0 Å². The van der Waals surface area contributed by atoms with E-state index < -0.39 is 0 Å². The molecule has 7 heteroatoms. The average Bonchev–Trinajstić information content (AvgIpc) is 3.09. The van der Waals surface area contributed by atoms with Gasteiger partial charge in [0.25, 0.3) is 0 Å². The first-order valence-corrected chi connectivity index (χ1v) is 7.90. The van der Waals surface area contributed by atoms with Crippen LogP contribution in [0.3, 0.4) is 0 Å². The van der Waals surface area contributed by atoms with Gasteiger partial charge in [-0.2, -0.15) is 5.10 Å². The number of halogens is 1. The minimum absolute atomic E-state index is 0.542. The quantitative estimate of drug-likeness (QED) is 0.678. The van der Waals surface area contributed by atoms with Crippen LogP contribution in [-0.4, -0.2) is 31.5 Å². The van der Waals surface area contributed by atoms with Crippen molar-refractivity contribution in [1.29, 1.82) is 0 Å². The summed E-state index contributed by atoms with van der Waals surface area (Å²) in [6, 6.07) is 11.2. The number of ether oxygens (including phenoxy) is 3. The summed E-state index contributed by atoms with van der Waals surface area (Å²) in [6.45, 7) is 0. The van der Waals surface area contributed by atoms with Gasteiger partial charge in [0.15, 0.2) is 11.5 Å². The highest BCUT2D eigenvalue weighted by atomic mass is 35.5. The Morgan fingerprint density at radius 1 is 0.960 bits per heavy atom. The van der Waals surface area contributed by atoms with Crippen molar-refractivity contribution < 1.29 is 14.2 Å². The molecule has 3 aromatic rings. The Morgan fingerprint density at radius 2 is 1.60 bits per heavy atom. The van der Waals surface area contributed by atoms with Crippen LogP contribution in [0.25, 0.3) is 11.3 Å². The lowest BCUT2D eigenvalue weighted by molar-refractivity contribution is 0.324. The zero-order chi connectivity index (χ0) is 17.8. The Kier molecular flexibility index (Phi) is 5.00. The summed E-state index contributed by atoms with van der Waals surface area (Å²) in [5, 5.41) is 11.1. The third-order valence-electron chi connectivity index (χ3n) is 3.72.